The normalized spacial score (nSPS) is 29.3. The molecule has 0 aromatic heterocycles. The number of halogens is 1. The summed E-state index contributed by atoms with van der Waals surface area (Å²) in [7, 11) is 0. The summed E-state index contributed by atoms with van der Waals surface area (Å²) in [5.74, 6) is -2.45. The van der Waals surface area contributed by atoms with E-state index in [0.717, 1.165) is 0 Å². The van der Waals surface area contributed by atoms with Crippen LogP contribution in [0.25, 0.3) is 0 Å². The van der Waals surface area contributed by atoms with Crippen molar-refractivity contribution >= 4 is 46.5 Å². The molecule has 0 radical (unpaired) electrons. The zero-order chi connectivity index (χ0) is 18.4. The van der Waals surface area contributed by atoms with Crippen molar-refractivity contribution < 1.29 is 42.9 Å². The highest BCUT2D eigenvalue weighted by molar-refractivity contribution is 14.1. The fourth-order valence-electron chi connectivity index (χ4n) is 2.18. The molecule has 0 amide bonds. The van der Waals surface area contributed by atoms with Crippen LogP contribution in [0, 0.1) is 0 Å². The molecule has 0 bridgehead atoms. The number of carbonyl (C=O) groups excluding carboxylic acids is 4. The molecule has 0 spiro atoms. The molecular formula is C14H19IO9. The third-order valence-electron chi connectivity index (χ3n) is 2.93. The van der Waals surface area contributed by atoms with Gasteiger partial charge in [0.25, 0.3) is 0 Å². The highest BCUT2D eigenvalue weighted by Crippen LogP contribution is 2.31. The summed E-state index contributed by atoms with van der Waals surface area (Å²) in [5.41, 5.74) is 0. The first-order chi connectivity index (χ1) is 11.1. The minimum absolute atomic E-state index is 0.211. The molecule has 24 heavy (non-hydrogen) atoms. The minimum Gasteiger partial charge on any atom is -0.463 e. The second-order valence-electron chi connectivity index (χ2n) is 5.05. The summed E-state index contributed by atoms with van der Waals surface area (Å²) in [4.78, 5) is 45.2. The second-order valence-corrected chi connectivity index (χ2v) is 6.28. The van der Waals surface area contributed by atoms with Crippen LogP contribution in [-0.4, -0.2) is 59.0 Å². The highest BCUT2D eigenvalue weighted by Gasteiger charge is 2.51. The summed E-state index contributed by atoms with van der Waals surface area (Å²) in [6, 6.07) is 0. The molecule has 0 unspecified atom stereocenters. The smallest absolute Gasteiger partial charge is 0.303 e. The van der Waals surface area contributed by atoms with Crippen LogP contribution in [-0.2, 0) is 42.9 Å². The summed E-state index contributed by atoms with van der Waals surface area (Å²) in [6.45, 7) is 4.55. The first-order valence-electron chi connectivity index (χ1n) is 7.06. The molecule has 0 aliphatic carbocycles. The Labute approximate surface area is 152 Å². The maximum atomic E-state index is 11.4. The van der Waals surface area contributed by atoms with E-state index in [4.69, 9.17) is 23.7 Å². The number of ether oxygens (including phenoxy) is 5. The van der Waals surface area contributed by atoms with Crippen LogP contribution in [0.5, 0.6) is 0 Å². The number of rotatable bonds is 5. The van der Waals surface area contributed by atoms with Gasteiger partial charge < -0.3 is 23.7 Å². The van der Waals surface area contributed by atoms with Gasteiger partial charge in [-0.25, -0.2) is 0 Å². The summed E-state index contributed by atoms with van der Waals surface area (Å²) >= 11 is 1.86. The lowest BCUT2D eigenvalue weighted by Crippen LogP contribution is -2.60. The van der Waals surface area contributed by atoms with Crippen LogP contribution in [0.15, 0.2) is 0 Å². The zero-order valence-corrected chi connectivity index (χ0v) is 15.8. The van der Waals surface area contributed by atoms with Crippen LogP contribution in [0.3, 0.4) is 0 Å². The highest BCUT2D eigenvalue weighted by atomic mass is 127. The van der Waals surface area contributed by atoms with Crippen LogP contribution in [0.1, 0.15) is 27.7 Å². The molecular weight excluding hydrogens is 439 g/mol. The molecule has 0 aromatic carbocycles. The van der Waals surface area contributed by atoms with Crippen molar-refractivity contribution in [1.29, 1.82) is 0 Å². The molecule has 10 heteroatoms. The van der Waals surface area contributed by atoms with Crippen LogP contribution >= 0.6 is 22.6 Å². The van der Waals surface area contributed by atoms with Crippen LogP contribution < -0.4 is 0 Å². The molecule has 1 saturated heterocycles. The van der Waals surface area contributed by atoms with E-state index in [9.17, 15) is 19.2 Å². The van der Waals surface area contributed by atoms with E-state index in [-0.39, 0.29) is 6.61 Å². The predicted molar refractivity (Wildman–Crippen MR) is 86.0 cm³/mol. The molecule has 1 aliphatic rings. The van der Waals surface area contributed by atoms with Crippen molar-refractivity contribution in [3.8, 4) is 0 Å². The molecule has 1 aliphatic heterocycles. The van der Waals surface area contributed by atoms with Crippen molar-refractivity contribution in [2.45, 2.75) is 56.2 Å². The topological polar surface area (TPSA) is 114 Å². The van der Waals surface area contributed by atoms with Crippen molar-refractivity contribution in [3.05, 3.63) is 0 Å². The van der Waals surface area contributed by atoms with E-state index < -0.39 is 52.4 Å². The molecule has 9 nitrogen and oxygen atoms in total. The van der Waals surface area contributed by atoms with Crippen molar-refractivity contribution in [3.63, 3.8) is 0 Å². The fourth-order valence-corrected chi connectivity index (χ4v) is 3.11. The van der Waals surface area contributed by atoms with Gasteiger partial charge in [-0.3, -0.25) is 19.2 Å². The maximum absolute atomic E-state index is 11.4. The van der Waals surface area contributed by atoms with Crippen molar-refractivity contribution in [2.75, 3.05) is 6.61 Å². The van der Waals surface area contributed by atoms with Gasteiger partial charge in [0.05, 0.1) is 0 Å². The van der Waals surface area contributed by atoms with E-state index in [1.54, 1.807) is 0 Å². The van der Waals surface area contributed by atoms with Crippen molar-refractivity contribution in [1.82, 2.24) is 0 Å². The van der Waals surface area contributed by atoms with Gasteiger partial charge in [0.15, 0.2) is 18.3 Å². The first kappa shape index (κ1) is 20.6. The molecule has 1 fully saturated rings. The van der Waals surface area contributed by atoms with E-state index in [1.165, 1.54) is 27.7 Å². The first-order valence-corrected chi connectivity index (χ1v) is 8.31. The van der Waals surface area contributed by atoms with Gasteiger partial charge in [-0.15, -0.1) is 0 Å². The summed E-state index contributed by atoms with van der Waals surface area (Å²) in [6.07, 6.45) is -4.05. The van der Waals surface area contributed by atoms with E-state index in [0.29, 0.717) is 0 Å². The van der Waals surface area contributed by atoms with Gasteiger partial charge in [0.2, 0.25) is 0 Å². The van der Waals surface area contributed by atoms with Gasteiger partial charge >= 0.3 is 23.9 Å². The Kier molecular flexibility index (Phi) is 7.87. The zero-order valence-electron chi connectivity index (χ0n) is 13.6. The quantitative estimate of drug-likeness (QED) is 0.252. The molecule has 136 valence electrons. The third-order valence-corrected chi connectivity index (χ3v) is 3.94. The lowest BCUT2D eigenvalue weighted by atomic mass is 9.99. The third kappa shape index (κ3) is 6.23. The van der Waals surface area contributed by atoms with Crippen LogP contribution in [0.2, 0.25) is 0 Å². The Morgan fingerprint density at radius 3 is 1.71 bits per heavy atom. The average Bonchev–Trinajstić information content (AvgIpc) is 2.42. The Bertz CT molecular complexity index is 506. The van der Waals surface area contributed by atoms with E-state index in [1.807, 2.05) is 22.6 Å². The molecule has 0 saturated carbocycles. The SMILES string of the molecule is CC(=O)OC[C@H]1O[C@@H](I)[C@H](OC(C)=O)[C@@H](OC(C)=O)[C@@H]1OC(C)=O. The van der Waals surface area contributed by atoms with Gasteiger partial charge in [-0.05, 0) is 22.6 Å². The lowest BCUT2D eigenvalue weighted by Gasteiger charge is -2.42. The minimum atomic E-state index is -1.10. The Balaban J connectivity index is 3.11. The summed E-state index contributed by atoms with van der Waals surface area (Å²) in [5, 5.41) is 0. The van der Waals surface area contributed by atoms with Gasteiger partial charge in [0, 0.05) is 27.7 Å². The van der Waals surface area contributed by atoms with Gasteiger partial charge in [-0.1, -0.05) is 0 Å². The number of hydrogen-bond acceptors (Lipinski definition) is 9. The van der Waals surface area contributed by atoms with Gasteiger partial charge in [0.1, 0.15) is 16.8 Å². The van der Waals surface area contributed by atoms with E-state index in [2.05, 4.69) is 0 Å². The lowest BCUT2D eigenvalue weighted by molar-refractivity contribution is -0.234. The van der Waals surface area contributed by atoms with Gasteiger partial charge in [-0.2, -0.15) is 0 Å². The molecule has 0 N–H and O–H groups in total. The summed E-state index contributed by atoms with van der Waals surface area (Å²) < 4.78 is 25.4. The van der Waals surface area contributed by atoms with Crippen LogP contribution in [0.4, 0.5) is 0 Å². The fraction of sp³-hybridized carbons (Fsp3) is 0.714. The number of carbonyl (C=O) groups is 4. The molecule has 5 atom stereocenters. The largest absolute Gasteiger partial charge is 0.463 e. The predicted octanol–water partition coefficient (Wildman–Crippen LogP) is 0.504. The maximum Gasteiger partial charge on any atom is 0.303 e. The molecule has 0 aromatic rings. The Morgan fingerprint density at radius 2 is 1.25 bits per heavy atom. The molecule has 1 rings (SSSR count). The second kappa shape index (κ2) is 9.16. The molecule has 1 heterocycles. The number of alkyl halides is 1. The number of esters is 4. The average molecular weight is 458 g/mol. The Morgan fingerprint density at radius 1 is 0.792 bits per heavy atom. The number of hydrogen-bond donors (Lipinski definition) is 0. The Hall–Kier alpha value is -1.43. The monoisotopic (exact) mass is 458 g/mol. The van der Waals surface area contributed by atoms with Crippen molar-refractivity contribution in [2.24, 2.45) is 0 Å². The van der Waals surface area contributed by atoms with E-state index >= 15 is 0 Å². The standard InChI is InChI=1S/C14H19IO9/c1-6(16)20-5-10-11(21-7(2)17)12(22-8(3)18)13(14(15)24-10)23-9(4)19/h10-14H,5H2,1-4H3/t10-,11-,12+,13-,14-/m1/s1.